The molecule has 1 aromatic carbocycles. The molecule has 2 aromatic rings. The van der Waals surface area contributed by atoms with Crippen molar-refractivity contribution in [1.82, 2.24) is 20.2 Å². The maximum atomic E-state index is 12.7. The van der Waals surface area contributed by atoms with Gasteiger partial charge in [-0.1, -0.05) is 12.1 Å². The maximum absolute atomic E-state index is 12.7. The number of halogens is 3. The number of hydrogen-bond acceptors (Lipinski definition) is 4. The summed E-state index contributed by atoms with van der Waals surface area (Å²) in [5, 5.41) is 2.68. The van der Waals surface area contributed by atoms with Crippen LogP contribution in [0, 0.1) is 0 Å². The van der Waals surface area contributed by atoms with Crippen LogP contribution in [0.5, 0.6) is 0 Å². The number of nitrogens with zero attached hydrogens (tertiary/aromatic N) is 4. The highest BCUT2D eigenvalue weighted by Gasteiger charge is 2.30. The zero-order chi connectivity index (χ0) is 18.6. The monoisotopic (exact) mass is 365 g/mol. The summed E-state index contributed by atoms with van der Waals surface area (Å²) in [5.74, 6) is 0.761. The van der Waals surface area contributed by atoms with Crippen molar-refractivity contribution in [3.63, 3.8) is 0 Å². The molecule has 138 valence electrons. The molecular formula is C17H18F3N5O. The van der Waals surface area contributed by atoms with E-state index in [2.05, 4.69) is 15.3 Å². The van der Waals surface area contributed by atoms with Crippen molar-refractivity contribution in [1.29, 1.82) is 0 Å². The van der Waals surface area contributed by atoms with E-state index in [4.69, 9.17) is 0 Å². The fourth-order valence-electron chi connectivity index (χ4n) is 2.74. The van der Waals surface area contributed by atoms with Gasteiger partial charge >= 0.3 is 12.2 Å². The molecule has 26 heavy (non-hydrogen) atoms. The first-order valence-corrected chi connectivity index (χ1v) is 8.13. The van der Waals surface area contributed by atoms with Gasteiger partial charge in [0.25, 0.3) is 0 Å². The lowest BCUT2D eigenvalue weighted by Crippen LogP contribution is -2.51. The molecule has 3 rings (SSSR count). The molecule has 0 unspecified atom stereocenters. The average Bonchev–Trinajstić information content (AvgIpc) is 2.66. The summed E-state index contributed by atoms with van der Waals surface area (Å²) in [6, 6.07) is 4.66. The number of rotatable bonds is 3. The third-order valence-corrected chi connectivity index (χ3v) is 4.14. The summed E-state index contributed by atoms with van der Waals surface area (Å²) in [5.41, 5.74) is -0.312. The Hall–Kier alpha value is -2.84. The van der Waals surface area contributed by atoms with Gasteiger partial charge in [-0.15, -0.1) is 0 Å². The molecule has 6 nitrogen and oxygen atoms in total. The second kappa shape index (κ2) is 7.59. The minimum atomic E-state index is -4.39. The summed E-state index contributed by atoms with van der Waals surface area (Å²) >= 11 is 0. The number of nitrogens with one attached hydrogen (secondary N) is 1. The number of amides is 2. The molecule has 1 N–H and O–H groups in total. The van der Waals surface area contributed by atoms with E-state index in [0.717, 1.165) is 18.0 Å². The lowest BCUT2D eigenvalue weighted by Gasteiger charge is -2.35. The molecule has 1 fully saturated rings. The molecule has 2 heterocycles. The van der Waals surface area contributed by atoms with Crippen molar-refractivity contribution < 1.29 is 18.0 Å². The quantitative estimate of drug-likeness (QED) is 0.908. The largest absolute Gasteiger partial charge is 0.416 e. The van der Waals surface area contributed by atoms with Gasteiger partial charge in [0, 0.05) is 45.1 Å². The second-order valence-corrected chi connectivity index (χ2v) is 5.89. The second-order valence-electron chi connectivity index (χ2n) is 5.89. The van der Waals surface area contributed by atoms with Crippen LogP contribution in [-0.4, -0.2) is 47.1 Å². The predicted octanol–water partition coefficient (Wildman–Crippen LogP) is 2.53. The lowest BCUT2D eigenvalue weighted by molar-refractivity contribution is -0.137. The van der Waals surface area contributed by atoms with Gasteiger partial charge in [-0.05, 0) is 17.7 Å². The fourth-order valence-corrected chi connectivity index (χ4v) is 2.74. The van der Waals surface area contributed by atoms with E-state index >= 15 is 0 Å². The molecule has 1 saturated heterocycles. The van der Waals surface area contributed by atoms with Crippen LogP contribution >= 0.6 is 0 Å². The Kier molecular flexibility index (Phi) is 5.24. The van der Waals surface area contributed by atoms with Crippen molar-refractivity contribution in [2.24, 2.45) is 0 Å². The topological polar surface area (TPSA) is 61.4 Å². The molecule has 2 amide bonds. The molecule has 0 bridgehead atoms. The van der Waals surface area contributed by atoms with Crippen molar-refractivity contribution in [3.05, 3.63) is 54.0 Å². The van der Waals surface area contributed by atoms with Gasteiger partial charge in [0.2, 0.25) is 0 Å². The number of alkyl halides is 3. The summed E-state index contributed by atoms with van der Waals surface area (Å²) in [6.07, 6.45) is 0.491. The third-order valence-electron chi connectivity index (χ3n) is 4.14. The van der Waals surface area contributed by atoms with Crippen LogP contribution in [0.15, 0.2) is 42.9 Å². The van der Waals surface area contributed by atoms with E-state index < -0.39 is 11.7 Å². The maximum Gasteiger partial charge on any atom is 0.416 e. The number of hydrogen-bond donors (Lipinski definition) is 1. The van der Waals surface area contributed by atoms with Crippen molar-refractivity contribution in [3.8, 4) is 0 Å². The Bertz CT molecular complexity index is 746. The number of aromatic nitrogens is 2. The average molecular weight is 365 g/mol. The Morgan fingerprint density at radius 2 is 1.92 bits per heavy atom. The van der Waals surface area contributed by atoms with Crippen LogP contribution < -0.4 is 10.2 Å². The minimum absolute atomic E-state index is 0.0487. The molecule has 1 aliphatic rings. The number of urea groups is 1. The molecule has 0 saturated carbocycles. The van der Waals surface area contributed by atoms with E-state index in [9.17, 15) is 18.0 Å². The zero-order valence-electron chi connectivity index (χ0n) is 13.9. The van der Waals surface area contributed by atoms with Gasteiger partial charge in [-0.2, -0.15) is 13.2 Å². The highest BCUT2D eigenvalue weighted by Crippen LogP contribution is 2.29. The van der Waals surface area contributed by atoms with Crippen LogP contribution in [-0.2, 0) is 12.7 Å². The van der Waals surface area contributed by atoms with Crippen LogP contribution in [0.25, 0.3) is 0 Å². The molecule has 0 atom stereocenters. The number of anilines is 1. The highest BCUT2D eigenvalue weighted by molar-refractivity contribution is 5.74. The first kappa shape index (κ1) is 18.0. The summed E-state index contributed by atoms with van der Waals surface area (Å²) in [4.78, 5) is 24.2. The molecule has 1 aliphatic heterocycles. The smallest absolute Gasteiger partial charge is 0.352 e. The summed E-state index contributed by atoms with van der Waals surface area (Å²) < 4.78 is 38.2. The fraction of sp³-hybridized carbons (Fsp3) is 0.353. The Labute approximate surface area is 148 Å². The van der Waals surface area contributed by atoms with E-state index in [1.54, 1.807) is 29.6 Å². The number of piperazine rings is 1. The summed E-state index contributed by atoms with van der Waals surface area (Å²) in [6.45, 7) is 2.30. The van der Waals surface area contributed by atoms with Crippen LogP contribution in [0.2, 0.25) is 0 Å². The minimum Gasteiger partial charge on any atom is -0.352 e. The number of benzene rings is 1. The number of carbonyl (C=O) groups excluding carboxylic acids is 1. The number of carbonyl (C=O) groups is 1. The Morgan fingerprint density at radius 3 is 2.58 bits per heavy atom. The van der Waals surface area contributed by atoms with Crippen LogP contribution in [0.4, 0.5) is 23.8 Å². The highest BCUT2D eigenvalue weighted by atomic mass is 19.4. The van der Waals surface area contributed by atoms with Gasteiger partial charge in [0.1, 0.15) is 5.82 Å². The van der Waals surface area contributed by atoms with Crippen LogP contribution in [0.1, 0.15) is 11.1 Å². The van der Waals surface area contributed by atoms with Gasteiger partial charge in [0.05, 0.1) is 11.8 Å². The van der Waals surface area contributed by atoms with Gasteiger partial charge in [-0.25, -0.2) is 9.78 Å². The SMILES string of the molecule is O=C(NCc1cccc(C(F)(F)F)c1)N1CCN(c2cnccn2)CC1. The molecule has 0 spiro atoms. The molecule has 0 radical (unpaired) electrons. The zero-order valence-corrected chi connectivity index (χ0v) is 13.9. The van der Waals surface area contributed by atoms with E-state index in [0.29, 0.717) is 31.7 Å². The van der Waals surface area contributed by atoms with E-state index in [-0.39, 0.29) is 12.6 Å². The molecule has 0 aliphatic carbocycles. The third kappa shape index (κ3) is 4.41. The van der Waals surface area contributed by atoms with Crippen molar-refractivity contribution in [2.45, 2.75) is 12.7 Å². The Morgan fingerprint density at radius 1 is 1.15 bits per heavy atom. The standard InChI is InChI=1S/C17H18F3N5O/c18-17(19,20)14-3-1-2-13(10-14)11-23-16(26)25-8-6-24(7-9-25)15-12-21-4-5-22-15/h1-5,10,12H,6-9,11H2,(H,23,26). The first-order valence-electron chi connectivity index (χ1n) is 8.13. The van der Waals surface area contributed by atoms with Gasteiger partial charge in [-0.3, -0.25) is 4.98 Å². The van der Waals surface area contributed by atoms with E-state index in [1.165, 1.54) is 6.07 Å². The molecule has 1 aromatic heterocycles. The lowest BCUT2D eigenvalue weighted by atomic mass is 10.1. The summed E-state index contributed by atoms with van der Waals surface area (Å²) in [7, 11) is 0. The normalized spacial score (nSPS) is 15.0. The molecular weight excluding hydrogens is 347 g/mol. The van der Waals surface area contributed by atoms with Gasteiger partial charge in [0.15, 0.2) is 0 Å². The first-order chi connectivity index (χ1) is 12.4. The van der Waals surface area contributed by atoms with Crippen molar-refractivity contribution >= 4 is 11.8 Å². The van der Waals surface area contributed by atoms with Gasteiger partial charge < -0.3 is 15.1 Å². The Balaban J connectivity index is 1.51. The van der Waals surface area contributed by atoms with Crippen molar-refractivity contribution in [2.75, 3.05) is 31.1 Å². The molecule has 9 heteroatoms. The van der Waals surface area contributed by atoms with E-state index in [1.807, 2.05) is 4.90 Å². The van der Waals surface area contributed by atoms with Crippen LogP contribution in [0.3, 0.4) is 0 Å². The predicted molar refractivity (Wildman–Crippen MR) is 89.5 cm³/mol.